The molecule has 1 N–H and O–H groups in total. The summed E-state index contributed by atoms with van der Waals surface area (Å²) in [7, 11) is 0. The average molecular weight is 473 g/mol. The first-order chi connectivity index (χ1) is 15.0. The van der Waals surface area contributed by atoms with Gasteiger partial charge in [0.1, 0.15) is 5.82 Å². The Morgan fingerprint density at radius 3 is 2.42 bits per heavy atom. The van der Waals surface area contributed by atoms with Gasteiger partial charge < -0.3 is 5.32 Å². The highest BCUT2D eigenvalue weighted by molar-refractivity contribution is 7.99. The molecule has 3 aromatic carbocycles. The lowest BCUT2D eigenvalue weighted by atomic mass is 10.2. The van der Waals surface area contributed by atoms with Crippen molar-refractivity contribution < 1.29 is 9.18 Å². The van der Waals surface area contributed by atoms with Crippen LogP contribution in [0.25, 0.3) is 17.1 Å². The second kappa shape index (κ2) is 9.51. The van der Waals surface area contributed by atoms with E-state index in [0.717, 1.165) is 5.56 Å². The summed E-state index contributed by atoms with van der Waals surface area (Å²) in [5.74, 6) is 0.0990. The summed E-state index contributed by atoms with van der Waals surface area (Å²) < 4.78 is 15.2. The Morgan fingerprint density at radius 1 is 0.968 bits per heavy atom. The number of hydrogen-bond acceptors (Lipinski definition) is 4. The van der Waals surface area contributed by atoms with Crippen LogP contribution in [0.15, 0.2) is 78.0 Å². The van der Waals surface area contributed by atoms with Crippen molar-refractivity contribution in [3.8, 4) is 17.1 Å². The van der Waals surface area contributed by atoms with E-state index in [9.17, 15) is 9.18 Å². The van der Waals surface area contributed by atoms with Crippen molar-refractivity contribution in [1.82, 2.24) is 14.8 Å². The second-order valence-corrected chi connectivity index (χ2v) is 8.29. The van der Waals surface area contributed by atoms with E-state index in [1.54, 1.807) is 53.1 Å². The minimum Gasteiger partial charge on any atom is -0.325 e. The quantitative estimate of drug-likeness (QED) is 0.343. The topological polar surface area (TPSA) is 59.8 Å². The number of aromatic nitrogens is 3. The van der Waals surface area contributed by atoms with Crippen molar-refractivity contribution in [2.75, 3.05) is 11.1 Å². The van der Waals surface area contributed by atoms with E-state index in [1.807, 2.05) is 12.1 Å². The van der Waals surface area contributed by atoms with Crippen molar-refractivity contribution in [3.63, 3.8) is 0 Å². The number of thioether (sulfide) groups is 1. The summed E-state index contributed by atoms with van der Waals surface area (Å²) in [6.07, 6.45) is 0. The molecule has 4 aromatic rings. The molecule has 0 spiro atoms. The Kier molecular flexibility index (Phi) is 6.56. The molecule has 0 saturated carbocycles. The van der Waals surface area contributed by atoms with Gasteiger partial charge in [0.25, 0.3) is 0 Å². The second-order valence-electron chi connectivity index (χ2n) is 6.47. The highest BCUT2D eigenvalue weighted by Crippen LogP contribution is 2.29. The normalized spacial score (nSPS) is 10.8. The van der Waals surface area contributed by atoms with Crippen LogP contribution in [0.4, 0.5) is 10.1 Å². The Bertz CT molecular complexity index is 1210. The monoisotopic (exact) mass is 472 g/mol. The molecule has 0 fully saturated rings. The fourth-order valence-corrected chi connectivity index (χ4v) is 3.93. The molecule has 156 valence electrons. The molecule has 0 atom stereocenters. The molecule has 0 unspecified atom stereocenters. The van der Waals surface area contributed by atoms with Gasteiger partial charge in [-0.25, -0.2) is 4.39 Å². The minimum absolute atomic E-state index is 0.104. The van der Waals surface area contributed by atoms with Crippen molar-refractivity contribution in [2.45, 2.75) is 5.16 Å². The van der Waals surface area contributed by atoms with E-state index in [2.05, 4.69) is 15.5 Å². The molecule has 4 rings (SSSR count). The average Bonchev–Trinajstić information content (AvgIpc) is 3.17. The number of amides is 1. The lowest BCUT2D eigenvalue weighted by Gasteiger charge is -2.11. The Balaban J connectivity index is 1.60. The third-order valence-corrected chi connectivity index (χ3v) is 5.68. The van der Waals surface area contributed by atoms with Gasteiger partial charge in [0.05, 0.1) is 5.75 Å². The molecule has 0 bridgehead atoms. The Hall–Kier alpha value is -2.87. The number of benzene rings is 3. The highest BCUT2D eigenvalue weighted by Gasteiger charge is 2.17. The number of carbonyl (C=O) groups is 1. The minimum atomic E-state index is -0.347. The van der Waals surface area contributed by atoms with Gasteiger partial charge in [-0.3, -0.25) is 9.36 Å². The summed E-state index contributed by atoms with van der Waals surface area (Å²) in [6.45, 7) is 0. The standard InChI is InChI=1S/C22H15Cl2FN4OS/c23-15-6-4-14(5-7-15)21-27-28-22(29(21)19-10-8-17(25)9-11-19)31-13-20(30)26-18-3-1-2-16(24)12-18/h1-12H,13H2,(H,26,30). The SMILES string of the molecule is O=C(CSc1nnc(-c2ccc(Cl)cc2)n1-c1ccc(F)cc1)Nc1cccc(Cl)c1. The summed E-state index contributed by atoms with van der Waals surface area (Å²) in [5.41, 5.74) is 2.07. The Morgan fingerprint density at radius 2 is 1.71 bits per heavy atom. The van der Waals surface area contributed by atoms with Crippen molar-refractivity contribution in [1.29, 1.82) is 0 Å². The van der Waals surface area contributed by atoms with Crippen molar-refractivity contribution in [2.24, 2.45) is 0 Å². The van der Waals surface area contributed by atoms with E-state index in [0.29, 0.717) is 32.4 Å². The van der Waals surface area contributed by atoms with Gasteiger partial charge in [-0.05, 0) is 66.7 Å². The Labute approximate surface area is 192 Å². The molecule has 1 heterocycles. The highest BCUT2D eigenvalue weighted by atomic mass is 35.5. The third-order valence-electron chi connectivity index (χ3n) is 4.26. The van der Waals surface area contributed by atoms with Crippen LogP contribution in [0.2, 0.25) is 10.0 Å². The largest absolute Gasteiger partial charge is 0.325 e. The predicted octanol–water partition coefficient (Wildman–Crippen LogP) is 6.11. The molecule has 1 aromatic heterocycles. The predicted molar refractivity (Wildman–Crippen MR) is 123 cm³/mol. The summed E-state index contributed by atoms with van der Waals surface area (Å²) in [5, 5.41) is 13.0. The number of nitrogens with one attached hydrogen (secondary N) is 1. The fraction of sp³-hybridized carbons (Fsp3) is 0.0455. The van der Waals surface area contributed by atoms with Gasteiger partial charge in [0.15, 0.2) is 11.0 Å². The number of halogens is 3. The third kappa shape index (κ3) is 5.25. The molecule has 5 nitrogen and oxygen atoms in total. The van der Waals surface area contributed by atoms with Crippen LogP contribution in [0.5, 0.6) is 0 Å². The maximum atomic E-state index is 13.5. The van der Waals surface area contributed by atoms with Crippen LogP contribution in [0.1, 0.15) is 0 Å². The number of carbonyl (C=O) groups excluding carboxylic acids is 1. The molecule has 0 aliphatic carbocycles. The zero-order valence-corrected chi connectivity index (χ0v) is 18.3. The summed E-state index contributed by atoms with van der Waals surface area (Å²) in [6, 6.07) is 20.1. The van der Waals surface area contributed by atoms with Gasteiger partial charge in [-0.15, -0.1) is 10.2 Å². The zero-order chi connectivity index (χ0) is 21.8. The lowest BCUT2D eigenvalue weighted by molar-refractivity contribution is -0.113. The first kappa shape index (κ1) is 21.4. The number of anilines is 1. The van der Waals surface area contributed by atoms with Crippen LogP contribution in [0.3, 0.4) is 0 Å². The van der Waals surface area contributed by atoms with E-state index in [4.69, 9.17) is 23.2 Å². The van der Waals surface area contributed by atoms with Crippen molar-refractivity contribution >= 4 is 46.6 Å². The number of nitrogens with zero attached hydrogens (tertiary/aromatic N) is 3. The molecule has 31 heavy (non-hydrogen) atoms. The van der Waals surface area contributed by atoms with E-state index < -0.39 is 0 Å². The molecule has 0 aliphatic rings. The molecule has 0 aliphatic heterocycles. The van der Waals surface area contributed by atoms with Gasteiger partial charge in [0, 0.05) is 27.0 Å². The van der Waals surface area contributed by atoms with E-state index >= 15 is 0 Å². The fourth-order valence-electron chi connectivity index (χ4n) is 2.87. The molecular formula is C22H15Cl2FN4OS. The molecule has 1 amide bonds. The van der Waals surface area contributed by atoms with Gasteiger partial charge in [0.2, 0.25) is 5.91 Å². The molecule has 0 radical (unpaired) electrons. The van der Waals surface area contributed by atoms with Crippen LogP contribution < -0.4 is 5.32 Å². The smallest absolute Gasteiger partial charge is 0.234 e. The lowest BCUT2D eigenvalue weighted by Crippen LogP contribution is -2.14. The van der Waals surface area contributed by atoms with Crippen molar-refractivity contribution in [3.05, 3.63) is 88.7 Å². The van der Waals surface area contributed by atoms with Crippen LogP contribution in [-0.2, 0) is 4.79 Å². The first-order valence-corrected chi connectivity index (χ1v) is 10.9. The van der Waals surface area contributed by atoms with Gasteiger partial charge in [-0.2, -0.15) is 0 Å². The van der Waals surface area contributed by atoms with Crippen LogP contribution in [0, 0.1) is 5.82 Å². The number of hydrogen-bond donors (Lipinski definition) is 1. The number of rotatable bonds is 6. The maximum absolute atomic E-state index is 13.5. The summed E-state index contributed by atoms with van der Waals surface area (Å²) >= 11 is 13.2. The zero-order valence-electron chi connectivity index (χ0n) is 15.9. The first-order valence-electron chi connectivity index (χ1n) is 9.15. The maximum Gasteiger partial charge on any atom is 0.234 e. The molecule has 9 heteroatoms. The molecular weight excluding hydrogens is 458 g/mol. The summed E-state index contributed by atoms with van der Waals surface area (Å²) in [4.78, 5) is 12.4. The van der Waals surface area contributed by atoms with E-state index in [-0.39, 0.29) is 17.5 Å². The van der Waals surface area contributed by atoms with Gasteiger partial charge in [-0.1, -0.05) is 41.0 Å². The van der Waals surface area contributed by atoms with Crippen LogP contribution in [-0.4, -0.2) is 26.4 Å². The van der Waals surface area contributed by atoms with Crippen LogP contribution >= 0.6 is 35.0 Å². The van der Waals surface area contributed by atoms with E-state index in [1.165, 1.54) is 23.9 Å². The molecule has 0 saturated heterocycles. The van der Waals surface area contributed by atoms with Gasteiger partial charge >= 0.3 is 0 Å².